The monoisotopic (exact) mass is 260 g/mol. The Hall–Kier alpha value is -1.84. The molecule has 0 bridgehead atoms. The van der Waals surface area contributed by atoms with Crippen LogP contribution in [0, 0.1) is 12.8 Å². The second-order valence-corrected chi connectivity index (χ2v) is 5.08. The molecule has 1 fully saturated rings. The lowest BCUT2D eigenvalue weighted by molar-refractivity contribution is -0.123. The second kappa shape index (κ2) is 6.36. The summed E-state index contributed by atoms with van der Waals surface area (Å²) in [6.45, 7) is 3.02. The van der Waals surface area contributed by atoms with Crippen LogP contribution in [-0.2, 0) is 16.0 Å². The van der Waals surface area contributed by atoms with E-state index in [0.717, 1.165) is 18.4 Å². The lowest BCUT2D eigenvalue weighted by atomic mass is 10.1. The van der Waals surface area contributed by atoms with Gasteiger partial charge in [-0.2, -0.15) is 0 Å². The van der Waals surface area contributed by atoms with Crippen LogP contribution < -0.4 is 10.6 Å². The minimum Gasteiger partial charge on any atom is -0.354 e. The van der Waals surface area contributed by atoms with Crippen molar-refractivity contribution in [3.8, 4) is 0 Å². The van der Waals surface area contributed by atoms with E-state index in [1.54, 1.807) is 0 Å². The van der Waals surface area contributed by atoms with Crippen molar-refractivity contribution in [1.29, 1.82) is 0 Å². The molecule has 0 saturated heterocycles. The number of nitrogens with one attached hydrogen (secondary N) is 2. The predicted octanol–water partition coefficient (Wildman–Crippen LogP) is 1.18. The van der Waals surface area contributed by atoms with Gasteiger partial charge in [0, 0.05) is 19.0 Å². The maximum atomic E-state index is 11.7. The summed E-state index contributed by atoms with van der Waals surface area (Å²) in [6, 6.07) is 7.92. The number of aryl methyl sites for hydroxylation is 1. The average Bonchev–Trinajstić information content (AvgIpc) is 3.21. The fourth-order valence-corrected chi connectivity index (χ4v) is 1.83. The molecule has 0 aromatic heterocycles. The first-order valence-corrected chi connectivity index (χ1v) is 6.75. The van der Waals surface area contributed by atoms with Crippen molar-refractivity contribution >= 4 is 11.8 Å². The van der Waals surface area contributed by atoms with Gasteiger partial charge in [-0.1, -0.05) is 29.8 Å². The number of carbonyl (C=O) groups excluding carboxylic acids is 2. The highest BCUT2D eigenvalue weighted by Crippen LogP contribution is 2.28. The van der Waals surface area contributed by atoms with Crippen molar-refractivity contribution in [2.24, 2.45) is 5.92 Å². The van der Waals surface area contributed by atoms with E-state index in [2.05, 4.69) is 10.6 Å². The molecule has 0 heterocycles. The molecule has 19 heavy (non-hydrogen) atoms. The van der Waals surface area contributed by atoms with Crippen LogP contribution in [0.5, 0.6) is 0 Å². The summed E-state index contributed by atoms with van der Waals surface area (Å²) in [5.41, 5.74) is 2.19. The van der Waals surface area contributed by atoms with Gasteiger partial charge in [-0.3, -0.25) is 9.59 Å². The summed E-state index contributed by atoms with van der Waals surface area (Å²) in [6.07, 6.45) is 2.40. The summed E-state index contributed by atoms with van der Waals surface area (Å²) in [4.78, 5) is 23.0. The fraction of sp³-hybridized carbons (Fsp3) is 0.467. The van der Waals surface area contributed by atoms with Crippen molar-refractivity contribution in [3.63, 3.8) is 0 Å². The van der Waals surface area contributed by atoms with Crippen LogP contribution in [0.2, 0.25) is 0 Å². The summed E-state index contributed by atoms with van der Waals surface area (Å²) in [7, 11) is 0. The van der Waals surface area contributed by atoms with Gasteiger partial charge in [0.2, 0.25) is 11.8 Å². The molecule has 1 aromatic rings. The first kappa shape index (κ1) is 13.6. The molecule has 2 amide bonds. The summed E-state index contributed by atoms with van der Waals surface area (Å²) >= 11 is 0. The van der Waals surface area contributed by atoms with Crippen molar-refractivity contribution in [2.75, 3.05) is 13.1 Å². The third-order valence-electron chi connectivity index (χ3n) is 3.18. The molecule has 0 atom stereocenters. The molecule has 2 N–H and O–H groups in total. The van der Waals surface area contributed by atoms with Gasteiger partial charge in [0.15, 0.2) is 0 Å². The largest absolute Gasteiger partial charge is 0.354 e. The topological polar surface area (TPSA) is 58.2 Å². The standard InChI is InChI=1S/C15H20N2O2/c1-11-2-4-12(5-3-11)10-14(18)16-8-9-17-15(19)13-6-7-13/h2-5,13H,6-10H2,1H3,(H,16,18)(H,17,19). The van der Waals surface area contributed by atoms with Gasteiger partial charge in [0.05, 0.1) is 6.42 Å². The number of amides is 2. The zero-order valence-corrected chi connectivity index (χ0v) is 11.2. The minimum atomic E-state index is -0.00970. The van der Waals surface area contributed by atoms with Crippen molar-refractivity contribution in [2.45, 2.75) is 26.2 Å². The molecule has 1 aromatic carbocycles. The van der Waals surface area contributed by atoms with Crippen LogP contribution in [0.3, 0.4) is 0 Å². The zero-order chi connectivity index (χ0) is 13.7. The van der Waals surface area contributed by atoms with Gasteiger partial charge in [-0.15, -0.1) is 0 Å². The number of hydrogen-bond acceptors (Lipinski definition) is 2. The molecular formula is C15H20N2O2. The van der Waals surface area contributed by atoms with Gasteiger partial charge < -0.3 is 10.6 Å². The van der Waals surface area contributed by atoms with Crippen LogP contribution in [0.1, 0.15) is 24.0 Å². The van der Waals surface area contributed by atoms with Gasteiger partial charge in [-0.25, -0.2) is 0 Å². The molecule has 0 aliphatic heterocycles. The molecular weight excluding hydrogens is 240 g/mol. The highest BCUT2D eigenvalue weighted by Gasteiger charge is 2.28. The summed E-state index contributed by atoms with van der Waals surface area (Å²) in [5, 5.41) is 5.62. The minimum absolute atomic E-state index is 0.00970. The summed E-state index contributed by atoms with van der Waals surface area (Å²) in [5.74, 6) is 0.334. The van der Waals surface area contributed by atoms with Crippen LogP contribution in [0.25, 0.3) is 0 Å². The van der Waals surface area contributed by atoms with E-state index in [4.69, 9.17) is 0 Å². The van der Waals surface area contributed by atoms with E-state index in [0.29, 0.717) is 19.5 Å². The second-order valence-electron chi connectivity index (χ2n) is 5.08. The highest BCUT2D eigenvalue weighted by molar-refractivity contribution is 5.81. The molecule has 0 spiro atoms. The Morgan fingerprint density at radius 1 is 1.11 bits per heavy atom. The van der Waals surface area contributed by atoms with E-state index in [1.807, 2.05) is 31.2 Å². The predicted molar refractivity (Wildman–Crippen MR) is 73.6 cm³/mol. The summed E-state index contributed by atoms with van der Waals surface area (Å²) < 4.78 is 0. The van der Waals surface area contributed by atoms with Crippen LogP contribution in [0.4, 0.5) is 0 Å². The third-order valence-corrected chi connectivity index (χ3v) is 3.18. The Bertz CT molecular complexity index is 450. The molecule has 102 valence electrons. The van der Waals surface area contributed by atoms with Gasteiger partial charge >= 0.3 is 0 Å². The van der Waals surface area contributed by atoms with Crippen LogP contribution in [-0.4, -0.2) is 24.9 Å². The molecule has 1 aliphatic rings. The SMILES string of the molecule is Cc1ccc(CC(=O)NCCNC(=O)C2CC2)cc1. The Balaban J connectivity index is 1.61. The Morgan fingerprint density at radius 2 is 1.74 bits per heavy atom. The Kier molecular flexibility index (Phi) is 4.55. The zero-order valence-electron chi connectivity index (χ0n) is 11.2. The van der Waals surface area contributed by atoms with Crippen LogP contribution in [0.15, 0.2) is 24.3 Å². The molecule has 1 aliphatic carbocycles. The van der Waals surface area contributed by atoms with E-state index in [-0.39, 0.29) is 17.7 Å². The Labute approximate surface area is 113 Å². The Morgan fingerprint density at radius 3 is 2.37 bits per heavy atom. The quantitative estimate of drug-likeness (QED) is 0.755. The number of carbonyl (C=O) groups is 2. The number of benzene rings is 1. The van der Waals surface area contributed by atoms with Gasteiger partial charge in [0.1, 0.15) is 0 Å². The first-order chi connectivity index (χ1) is 9.15. The van der Waals surface area contributed by atoms with E-state index < -0.39 is 0 Å². The van der Waals surface area contributed by atoms with E-state index >= 15 is 0 Å². The molecule has 1 saturated carbocycles. The number of rotatable bonds is 6. The van der Waals surface area contributed by atoms with E-state index in [9.17, 15) is 9.59 Å². The van der Waals surface area contributed by atoms with Gasteiger partial charge in [-0.05, 0) is 25.3 Å². The molecule has 4 nitrogen and oxygen atoms in total. The molecule has 0 unspecified atom stereocenters. The van der Waals surface area contributed by atoms with Crippen molar-refractivity contribution in [1.82, 2.24) is 10.6 Å². The fourth-order valence-electron chi connectivity index (χ4n) is 1.83. The number of hydrogen-bond donors (Lipinski definition) is 2. The maximum absolute atomic E-state index is 11.7. The third kappa shape index (κ3) is 4.73. The average molecular weight is 260 g/mol. The van der Waals surface area contributed by atoms with Gasteiger partial charge in [0.25, 0.3) is 0 Å². The van der Waals surface area contributed by atoms with E-state index in [1.165, 1.54) is 5.56 Å². The van der Waals surface area contributed by atoms with Crippen molar-refractivity contribution in [3.05, 3.63) is 35.4 Å². The maximum Gasteiger partial charge on any atom is 0.224 e. The first-order valence-electron chi connectivity index (χ1n) is 6.75. The molecule has 0 radical (unpaired) electrons. The lowest BCUT2D eigenvalue weighted by Crippen LogP contribution is -2.35. The molecule has 4 heteroatoms. The highest BCUT2D eigenvalue weighted by atomic mass is 16.2. The molecule has 2 rings (SSSR count). The van der Waals surface area contributed by atoms with Crippen LogP contribution >= 0.6 is 0 Å². The normalized spacial score (nSPS) is 13.9. The lowest BCUT2D eigenvalue weighted by Gasteiger charge is -2.07. The van der Waals surface area contributed by atoms with Crippen molar-refractivity contribution < 1.29 is 9.59 Å². The smallest absolute Gasteiger partial charge is 0.224 e.